The Balaban J connectivity index is 2.26. The second-order valence-corrected chi connectivity index (χ2v) is 7.67. The molecule has 3 unspecified atom stereocenters. The van der Waals surface area contributed by atoms with Crippen molar-refractivity contribution in [3.05, 3.63) is 29.8 Å². The molecule has 118 valence electrons. The summed E-state index contributed by atoms with van der Waals surface area (Å²) in [4.78, 5) is 0. The molecule has 3 atom stereocenters. The molecule has 1 aromatic carbocycles. The zero-order valence-corrected chi connectivity index (χ0v) is 14.6. The summed E-state index contributed by atoms with van der Waals surface area (Å²) in [5, 5.41) is 0.267. The van der Waals surface area contributed by atoms with Crippen molar-refractivity contribution in [2.24, 2.45) is 11.8 Å². The number of para-hydroxylation sites is 1. The zero-order valence-electron chi connectivity index (χ0n) is 13.9. The van der Waals surface area contributed by atoms with Gasteiger partial charge in [-0.3, -0.25) is 0 Å². The van der Waals surface area contributed by atoms with Crippen LogP contribution in [0, 0.1) is 11.8 Å². The minimum absolute atomic E-state index is 0.0525. The van der Waals surface area contributed by atoms with Crippen LogP contribution in [-0.4, -0.2) is 12.0 Å². The minimum atomic E-state index is 0.0525. The van der Waals surface area contributed by atoms with E-state index in [1.54, 1.807) is 0 Å². The van der Waals surface area contributed by atoms with E-state index in [1.807, 2.05) is 0 Å². The molecule has 1 fully saturated rings. The van der Waals surface area contributed by atoms with Crippen molar-refractivity contribution in [3.63, 3.8) is 0 Å². The fraction of sp³-hybridized carbons (Fsp3) is 0.684. The first kappa shape index (κ1) is 16.7. The molecule has 0 N–H and O–H groups in total. The summed E-state index contributed by atoms with van der Waals surface area (Å²) in [5.41, 5.74) is 1.36. The van der Waals surface area contributed by atoms with E-state index in [9.17, 15) is 0 Å². The fourth-order valence-electron chi connectivity index (χ4n) is 3.66. The Bertz CT molecular complexity index is 455. The summed E-state index contributed by atoms with van der Waals surface area (Å²) in [6.45, 7) is 9.90. The SMILES string of the molecule is CCCOc1ccccc1C(C)(C)C1CCC(C)CC1Cl. The lowest BCUT2D eigenvalue weighted by atomic mass is 9.65. The van der Waals surface area contributed by atoms with E-state index >= 15 is 0 Å². The van der Waals surface area contributed by atoms with Crippen LogP contribution in [0.4, 0.5) is 0 Å². The lowest BCUT2D eigenvalue weighted by Gasteiger charge is -2.42. The molecule has 0 heterocycles. The third-order valence-corrected chi connectivity index (χ3v) is 5.49. The van der Waals surface area contributed by atoms with Crippen LogP contribution in [0.3, 0.4) is 0 Å². The monoisotopic (exact) mass is 308 g/mol. The molecule has 0 radical (unpaired) electrons. The first-order chi connectivity index (χ1) is 9.96. The average Bonchev–Trinajstić information content (AvgIpc) is 2.45. The summed E-state index contributed by atoms with van der Waals surface area (Å²) >= 11 is 6.73. The molecule has 0 bridgehead atoms. The Morgan fingerprint density at radius 3 is 2.62 bits per heavy atom. The molecule has 0 amide bonds. The molecule has 2 heteroatoms. The average molecular weight is 309 g/mol. The van der Waals surface area contributed by atoms with Crippen LogP contribution < -0.4 is 4.74 Å². The van der Waals surface area contributed by atoms with E-state index in [-0.39, 0.29) is 10.8 Å². The van der Waals surface area contributed by atoms with Crippen molar-refractivity contribution < 1.29 is 4.74 Å². The van der Waals surface area contributed by atoms with E-state index in [1.165, 1.54) is 18.4 Å². The van der Waals surface area contributed by atoms with E-state index in [2.05, 4.69) is 52.0 Å². The highest BCUT2D eigenvalue weighted by Gasteiger charge is 2.40. The summed E-state index contributed by atoms with van der Waals surface area (Å²) in [6, 6.07) is 8.49. The quantitative estimate of drug-likeness (QED) is 0.625. The van der Waals surface area contributed by atoms with Crippen LogP contribution in [0.2, 0.25) is 0 Å². The lowest BCUT2D eigenvalue weighted by Crippen LogP contribution is -2.39. The van der Waals surface area contributed by atoms with Gasteiger partial charge in [0.05, 0.1) is 6.61 Å². The van der Waals surface area contributed by atoms with Crippen molar-refractivity contribution in [1.29, 1.82) is 0 Å². The van der Waals surface area contributed by atoms with Gasteiger partial charge in [-0.2, -0.15) is 0 Å². The van der Waals surface area contributed by atoms with Crippen molar-refractivity contribution in [1.82, 2.24) is 0 Å². The molecule has 1 aliphatic rings. The number of ether oxygens (including phenoxy) is 1. The number of benzene rings is 1. The molecule has 21 heavy (non-hydrogen) atoms. The van der Waals surface area contributed by atoms with Crippen molar-refractivity contribution >= 4 is 11.6 Å². The van der Waals surface area contributed by atoms with Gasteiger partial charge in [0.25, 0.3) is 0 Å². The standard InChI is InChI=1S/C19H29ClO/c1-5-12-21-18-9-7-6-8-16(18)19(3,4)15-11-10-14(2)13-17(15)20/h6-9,14-15,17H,5,10-13H2,1-4H3. The predicted molar refractivity (Wildman–Crippen MR) is 91.4 cm³/mol. The summed E-state index contributed by atoms with van der Waals surface area (Å²) in [5.74, 6) is 2.31. The van der Waals surface area contributed by atoms with Gasteiger partial charge in [-0.05, 0) is 42.6 Å². The molecule has 0 aromatic heterocycles. The van der Waals surface area contributed by atoms with Crippen molar-refractivity contribution in [3.8, 4) is 5.75 Å². The molecule has 2 rings (SSSR count). The second kappa shape index (κ2) is 7.05. The topological polar surface area (TPSA) is 9.23 Å². The molecule has 0 saturated heterocycles. The van der Waals surface area contributed by atoms with Gasteiger partial charge in [0.2, 0.25) is 0 Å². The predicted octanol–water partition coefficient (Wildman–Crippen LogP) is 5.80. The van der Waals surface area contributed by atoms with Crippen LogP contribution in [0.15, 0.2) is 24.3 Å². The molecule has 0 aliphatic heterocycles. The van der Waals surface area contributed by atoms with Gasteiger partial charge < -0.3 is 4.74 Å². The van der Waals surface area contributed by atoms with Gasteiger partial charge in [0.15, 0.2) is 0 Å². The molecule has 1 aromatic rings. The molecule has 1 nitrogen and oxygen atoms in total. The lowest BCUT2D eigenvalue weighted by molar-refractivity contribution is 0.201. The maximum absolute atomic E-state index is 6.73. The number of rotatable bonds is 5. The highest BCUT2D eigenvalue weighted by molar-refractivity contribution is 6.20. The number of alkyl halides is 1. The normalized spacial score (nSPS) is 26.6. The first-order valence-electron chi connectivity index (χ1n) is 8.33. The molecular weight excluding hydrogens is 280 g/mol. The van der Waals surface area contributed by atoms with E-state index < -0.39 is 0 Å². The molecule has 1 saturated carbocycles. The Labute approximate surface area is 135 Å². The maximum Gasteiger partial charge on any atom is 0.123 e. The minimum Gasteiger partial charge on any atom is -0.493 e. The summed E-state index contributed by atoms with van der Waals surface area (Å²) < 4.78 is 5.98. The first-order valence-corrected chi connectivity index (χ1v) is 8.76. The Hall–Kier alpha value is -0.690. The number of halogens is 1. The van der Waals surface area contributed by atoms with Crippen LogP contribution in [0.5, 0.6) is 5.75 Å². The van der Waals surface area contributed by atoms with E-state index in [0.717, 1.165) is 31.1 Å². The second-order valence-electron chi connectivity index (χ2n) is 7.11. The van der Waals surface area contributed by atoms with Gasteiger partial charge in [-0.1, -0.05) is 52.3 Å². The molecule has 1 aliphatic carbocycles. The summed E-state index contributed by atoms with van der Waals surface area (Å²) in [6.07, 6.45) is 4.67. The van der Waals surface area contributed by atoms with Crippen molar-refractivity contribution in [2.45, 2.75) is 64.2 Å². The van der Waals surface area contributed by atoms with E-state index in [0.29, 0.717) is 5.92 Å². The van der Waals surface area contributed by atoms with Crippen LogP contribution >= 0.6 is 11.6 Å². The van der Waals surface area contributed by atoms with Gasteiger partial charge in [0, 0.05) is 10.9 Å². The largest absolute Gasteiger partial charge is 0.493 e. The van der Waals surface area contributed by atoms with Crippen LogP contribution in [0.25, 0.3) is 0 Å². The number of hydrogen-bond acceptors (Lipinski definition) is 1. The highest BCUT2D eigenvalue weighted by Crippen LogP contribution is 2.46. The molecule has 0 spiro atoms. The van der Waals surface area contributed by atoms with Crippen molar-refractivity contribution in [2.75, 3.05) is 6.61 Å². The van der Waals surface area contributed by atoms with Gasteiger partial charge >= 0.3 is 0 Å². The fourth-order valence-corrected chi connectivity index (χ4v) is 4.41. The summed E-state index contributed by atoms with van der Waals surface area (Å²) in [7, 11) is 0. The van der Waals surface area contributed by atoms with Gasteiger partial charge in [-0.15, -0.1) is 11.6 Å². The van der Waals surface area contributed by atoms with Crippen LogP contribution in [0.1, 0.15) is 58.9 Å². The van der Waals surface area contributed by atoms with E-state index in [4.69, 9.17) is 16.3 Å². The highest BCUT2D eigenvalue weighted by atomic mass is 35.5. The molecular formula is C19H29ClO. The zero-order chi connectivity index (χ0) is 15.5. The Morgan fingerprint density at radius 1 is 1.24 bits per heavy atom. The Kier molecular flexibility index (Phi) is 5.60. The van der Waals surface area contributed by atoms with Crippen LogP contribution in [-0.2, 0) is 5.41 Å². The van der Waals surface area contributed by atoms with Gasteiger partial charge in [-0.25, -0.2) is 0 Å². The third kappa shape index (κ3) is 3.74. The maximum atomic E-state index is 6.73. The third-order valence-electron chi connectivity index (χ3n) is 5.00. The number of hydrogen-bond donors (Lipinski definition) is 0. The smallest absolute Gasteiger partial charge is 0.123 e. The van der Waals surface area contributed by atoms with Gasteiger partial charge in [0.1, 0.15) is 5.75 Å². The Morgan fingerprint density at radius 2 is 1.95 bits per heavy atom.